The van der Waals surface area contributed by atoms with Crippen molar-refractivity contribution < 1.29 is 0 Å². The first-order valence-electron chi connectivity index (χ1n) is 19.5. The molecule has 266 valence electrons. The highest BCUT2D eigenvalue weighted by Crippen LogP contribution is 2.44. The number of rotatable bonds is 8. The second-order valence-electron chi connectivity index (χ2n) is 13.7. The smallest absolute Gasteiger partial charge is 0.0542 e. The Morgan fingerprint density at radius 1 is 0.418 bits per heavy atom. The summed E-state index contributed by atoms with van der Waals surface area (Å²) in [6, 6.07) is 70.7. The third kappa shape index (κ3) is 7.56. The van der Waals surface area contributed by atoms with E-state index in [1.54, 1.807) is 0 Å². The van der Waals surface area contributed by atoms with Crippen molar-refractivity contribution in [2.75, 3.05) is 4.90 Å². The van der Waals surface area contributed by atoms with Crippen molar-refractivity contribution in [2.24, 2.45) is 0 Å². The molecule has 1 aliphatic rings. The molecule has 1 nitrogen and oxygen atoms in total. The molecule has 0 saturated carbocycles. The van der Waals surface area contributed by atoms with Crippen LogP contribution in [0.2, 0.25) is 0 Å². The van der Waals surface area contributed by atoms with Gasteiger partial charge >= 0.3 is 0 Å². The van der Waals surface area contributed by atoms with E-state index in [1.165, 1.54) is 60.8 Å². The molecule has 0 radical (unpaired) electrons. The molecule has 0 N–H and O–H groups in total. The second-order valence-corrected chi connectivity index (χ2v) is 13.7. The van der Waals surface area contributed by atoms with Crippen LogP contribution in [0, 0.1) is 0 Å². The lowest BCUT2D eigenvalue weighted by atomic mass is 9.89. The lowest BCUT2D eigenvalue weighted by molar-refractivity contribution is 0.854. The molecule has 0 saturated heterocycles. The number of anilines is 3. The predicted molar refractivity (Wildman–Crippen MR) is 237 cm³/mol. The zero-order valence-corrected chi connectivity index (χ0v) is 31.5. The van der Waals surface area contributed by atoms with E-state index in [0.717, 1.165) is 23.5 Å². The fraction of sp³-hybridized carbons (Fsp3) is 0.0741. The molecule has 9 rings (SSSR count). The quantitative estimate of drug-likeness (QED) is 0.152. The molecule has 1 atom stereocenters. The van der Waals surface area contributed by atoms with Gasteiger partial charge in [-0.05, 0) is 98.1 Å². The molecular weight excluding hydrogens is 663 g/mol. The van der Waals surface area contributed by atoms with Crippen LogP contribution in [-0.4, -0.2) is 0 Å². The van der Waals surface area contributed by atoms with Crippen LogP contribution in [-0.2, 0) is 0 Å². The SMILES string of the molecule is C1=CCC(c2ccc(-c3cccc(-c4ccccc4)c3)c(N(c3ccc(-c4ccccc4)cc3)c3ccc(-c4cccc5ccccc45)cc3)c2)C=C1.CC. The van der Waals surface area contributed by atoms with Gasteiger partial charge in [-0.3, -0.25) is 0 Å². The van der Waals surface area contributed by atoms with Crippen LogP contribution in [0.15, 0.2) is 218 Å². The fourth-order valence-corrected chi connectivity index (χ4v) is 7.66. The predicted octanol–water partition coefficient (Wildman–Crippen LogP) is 15.6. The highest BCUT2D eigenvalue weighted by atomic mass is 15.1. The summed E-state index contributed by atoms with van der Waals surface area (Å²) in [5.74, 6) is 0.319. The number of allylic oxidation sites excluding steroid dienone is 4. The minimum atomic E-state index is 0.319. The maximum atomic E-state index is 2.44. The Kier molecular flexibility index (Phi) is 10.6. The Bertz CT molecular complexity index is 2560. The first kappa shape index (κ1) is 35.3. The van der Waals surface area contributed by atoms with Gasteiger partial charge in [0.05, 0.1) is 5.69 Å². The minimum Gasteiger partial charge on any atom is -0.310 e. The normalized spacial score (nSPS) is 13.2. The Morgan fingerprint density at radius 3 is 1.67 bits per heavy atom. The van der Waals surface area contributed by atoms with E-state index in [9.17, 15) is 0 Å². The number of fused-ring (bicyclic) bond motifs is 1. The topological polar surface area (TPSA) is 3.24 Å². The highest BCUT2D eigenvalue weighted by Gasteiger charge is 2.21. The van der Waals surface area contributed by atoms with Crippen LogP contribution in [0.1, 0.15) is 31.7 Å². The van der Waals surface area contributed by atoms with E-state index in [-0.39, 0.29) is 0 Å². The largest absolute Gasteiger partial charge is 0.310 e. The van der Waals surface area contributed by atoms with Crippen LogP contribution >= 0.6 is 0 Å². The number of nitrogens with zero attached hydrogens (tertiary/aromatic N) is 1. The van der Waals surface area contributed by atoms with Crippen LogP contribution in [0.25, 0.3) is 55.3 Å². The highest BCUT2D eigenvalue weighted by molar-refractivity contribution is 5.97. The zero-order chi connectivity index (χ0) is 37.4. The van der Waals surface area contributed by atoms with Crippen molar-refractivity contribution in [1.82, 2.24) is 0 Å². The molecule has 1 aliphatic carbocycles. The molecular formula is C54H45N. The third-order valence-corrected chi connectivity index (χ3v) is 10.4. The second kappa shape index (κ2) is 16.5. The fourth-order valence-electron chi connectivity index (χ4n) is 7.66. The van der Waals surface area contributed by atoms with E-state index >= 15 is 0 Å². The Morgan fingerprint density at radius 2 is 0.982 bits per heavy atom. The first-order valence-corrected chi connectivity index (χ1v) is 19.5. The van der Waals surface area contributed by atoms with Gasteiger partial charge < -0.3 is 4.90 Å². The van der Waals surface area contributed by atoms with Gasteiger partial charge in [0, 0.05) is 22.9 Å². The molecule has 0 aliphatic heterocycles. The average Bonchev–Trinajstić information content (AvgIpc) is 3.28. The van der Waals surface area contributed by atoms with Crippen molar-refractivity contribution in [1.29, 1.82) is 0 Å². The molecule has 0 heterocycles. The van der Waals surface area contributed by atoms with E-state index in [2.05, 4.69) is 223 Å². The number of hydrogen-bond acceptors (Lipinski definition) is 1. The van der Waals surface area contributed by atoms with Gasteiger partial charge in [0.15, 0.2) is 0 Å². The van der Waals surface area contributed by atoms with Crippen molar-refractivity contribution in [3.05, 3.63) is 224 Å². The Balaban J connectivity index is 0.00000210. The van der Waals surface area contributed by atoms with Gasteiger partial charge in [-0.25, -0.2) is 0 Å². The van der Waals surface area contributed by atoms with Crippen molar-refractivity contribution >= 4 is 27.8 Å². The molecule has 8 aromatic carbocycles. The summed E-state index contributed by atoms with van der Waals surface area (Å²) < 4.78 is 0. The van der Waals surface area contributed by atoms with Crippen LogP contribution in [0.4, 0.5) is 17.1 Å². The molecule has 0 amide bonds. The van der Waals surface area contributed by atoms with Gasteiger partial charge in [0.2, 0.25) is 0 Å². The van der Waals surface area contributed by atoms with Gasteiger partial charge in [0.1, 0.15) is 0 Å². The van der Waals surface area contributed by atoms with Crippen molar-refractivity contribution in [2.45, 2.75) is 26.2 Å². The van der Waals surface area contributed by atoms with Crippen LogP contribution in [0.3, 0.4) is 0 Å². The van der Waals surface area contributed by atoms with Gasteiger partial charge in [0.25, 0.3) is 0 Å². The Labute approximate surface area is 326 Å². The molecule has 55 heavy (non-hydrogen) atoms. The lowest BCUT2D eigenvalue weighted by Gasteiger charge is -2.30. The lowest BCUT2D eigenvalue weighted by Crippen LogP contribution is -2.12. The van der Waals surface area contributed by atoms with Gasteiger partial charge in [-0.1, -0.05) is 196 Å². The van der Waals surface area contributed by atoms with Crippen LogP contribution < -0.4 is 4.90 Å². The van der Waals surface area contributed by atoms with Gasteiger partial charge in [-0.2, -0.15) is 0 Å². The first-order chi connectivity index (χ1) is 27.3. The van der Waals surface area contributed by atoms with E-state index in [4.69, 9.17) is 0 Å². The molecule has 1 heteroatoms. The van der Waals surface area contributed by atoms with Gasteiger partial charge in [-0.15, -0.1) is 0 Å². The maximum Gasteiger partial charge on any atom is 0.0542 e. The molecule has 1 unspecified atom stereocenters. The minimum absolute atomic E-state index is 0.319. The summed E-state index contributed by atoms with van der Waals surface area (Å²) >= 11 is 0. The monoisotopic (exact) mass is 707 g/mol. The Hall–Kier alpha value is -6.70. The van der Waals surface area contributed by atoms with E-state index in [0.29, 0.717) is 5.92 Å². The summed E-state index contributed by atoms with van der Waals surface area (Å²) in [6.45, 7) is 4.00. The zero-order valence-electron chi connectivity index (χ0n) is 31.5. The molecule has 8 aromatic rings. The van der Waals surface area contributed by atoms with E-state index in [1.807, 2.05) is 13.8 Å². The summed E-state index contributed by atoms with van der Waals surface area (Å²) in [6.07, 6.45) is 9.92. The average molecular weight is 708 g/mol. The van der Waals surface area contributed by atoms with Crippen LogP contribution in [0.5, 0.6) is 0 Å². The molecule has 0 aromatic heterocycles. The summed E-state index contributed by atoms with van der Waals surface area (Å²) in [4.78, 5) is 2.44. The molecule has 0 spiro atoms. The number of hydrogen-bond donors (Lipinski definition) is 0. The third-order valence-electron chi connectivity index (χ3n) is 10.4. The summed E-state index contributed by atoms with van der Waals surface area (Å²) in [5.41, 5.74) is 14.3. The van der Waals surface area contributed by atoms with Crippen molar-refractivity contribution in [3.8, 4) is 44.5 Å². The summed E-state index contributed by atoms with van der Waals surface area (Å²) in [5, 5.41) is 2.51. The standard InChI is InChI=1S/C52H39N.C2H6/c1-4-14-38(15-5-1)41-26-31-47(32-27-41)53(48-33-28-43(29-34-48)50-25-13-21-42-20-10-11-24-49(42)50)52-37-45(40-18-8-3-9-19-40)30-35-51(52)46-23-12-22-44(36-46)39-16-6-2-7-17-39;1-2/h1-18,20-37,40H,19H2;1-2H3. The number of benzene rings is 8. The summed E-state index contributed by atoms with van der Waals surface area (Å²) in [7, 11) is 0. The van der Waals surface area contributed by atoms with E-state index < -0.39 is 0 Å². The van der Waals surface area contributed by atoms with Crippen molar-refractivity contribution in [3.63, 3.8) is 0 Å². The molecule has 0 bridgehead atoms. The maximum absolute atomic E-state index is 2.44. The molecule has 0 fully saturated rings.